The van der Waals surface area contributed by atoms with Crippen molar-refractivity contribution in [3.8, 4) is 5.88 Å². The van der Waals surface area contributed by atoms with Crippen molar-refractivity contribution in [3.05, 3.63) is 18.0 Å². The molecule has 2 unspecified atom stereocenters. The van der Waals surface area contributed by atoms with Gasteiger partial charge in [0.1, 0.15) is 5.82 Å². The van der Waals surface area contributed by atoms with Gasteiger partial charge in [0, 0.05) is 12.1 Å². The van der Waals surface area contributed by atoms with Gasteiger partial charge in [-0.2, -0.15) is 4.98 Å². The number of rotatable bonds is 5. The summed E-state index contributed by atoms with van der Waals surface area (Å²) in [7, 11) is 0. The van der Waals surface area contributed by atoms with E-state index < -0.39 is 0 Å². The van der Waals surface area contributed by atoms with E-state index >= 15 is 0 Å². The highest BCUT2D eigenvalue weighted by Crippen LogP contribution is 2.25. The van der Waals surface area contributed by atoms with E-state index in [1.807, 2.05) is 19.1 Å². The molecule has 1 aliphatic heterocycles. The molecule has 2 atom stereocenters. The number of H-pyrrole nitrogens is 1. The minimum absolute atomic E-state index is 0.250. The first kappa shape index (κ1) is 13.3. The molecule has 3 rings (SSSR count). The summed E-state index contributed by atoms with van der Waals surface area (Å²) >= 11 is 0. The molecule has 6 heteroatoms. The predicted molar refractivity (Wildman–Crippen MR) is 76.1 cm³/mol. The van der Waals surface area contributed by atoms with Crippen LogP contribution in [0.2, 0.25) is 0 Å². The molecule has 2 aromatic rings. The lowest BCUT2D eigenvalue weighted by Crippen LogP contribution is -2.34. The third-order valence-electron chi connectivity index (χ3n) is 3.53. The molecule has 0 saturated carbocycles. The Hall–Kier alpha value is -1.66. The van der Waals surface area contributed by atoms with Crippen molar-refractivity contribution in [3.63, 3.8) is 0 Å². The molecule has 2 aromatic heterocycles. The Labute approximate surface area is 117 Å². The molecule has 0 amide bonds. The largest absolute Gasteiger partial charge is 0.478 e. The Morgan fingerprint density at radius 2 is 2.25 bits per heavy atom. The Balaban J connectivity index is 1.88. The van der Waals surface area contributed by atoms with Gasteiger partial charge in [-0.25, -0.2) is 4.98 Å². The van der Waals surface area contributed by atoms with Crippen molar-refractivity contribution in [2.24, 2.45) is 0 Å². The summed E-state index contributed by atoms with van der Waals surface area (Å²) in [5.74, 6) is 1.80. The lowest BCUT2D eigenvalue weighted by Gasteiger charge is -2.15. The smallest absolute Gasteiger partial charge is 0.215 e. The van der Waals surface area contributed by atoms with E-state index in [9.17, 15) is 0 Å². The second-order valence-corrected chi connectivity index (χ2v) is 4.88. The quantitative estimate of drug-likeness (QED) is 0.864. The maximum absolute atomic E-state index is 5.57. The number of hydrogen-bond acceptors (Lipinski definition) is 5. The van der Waals surface area contributed by atoms with Crippen LogP contribution >= 0.6 is 0 Å². The molecule has 0 spiro atoms. The second-order valence-electron chi connectivity index (χ2n) is 4.88. The van der Waals surface area contributed by atoms with Crippen LogP contribution in [0.4, 0.5) is 0 Å². The molecule has 1 fully saturated rings. The summed E-state index contributed by atoms with van der Waals surface area (Å²) in [4.78, 5) is 12.4. The molecule has 0 bridgehead atoms. The normalized spacial score (nSPS) is 22.5. The molecule has 108 valence electrons. The fourth-order valence-electron chi connectivity index (χ4n) is 2.58. The van der Waals surface area contributed by atoms with Gasteiger partial charge in [-0.05, 0) is 19.5 Å². The van der Waals surface area contributed by atoms with Crippen LogP contribution in [0, 0.1) is 0 Å². The molecule has 2 N–H and O–H groups in total. The zero-order valence-corrected chi connectivity index (χ0v) is 11.8. The average Bonchev–Trinajstić information content (AvgIpc) is 3.04. The highest BCUT2D eigenvalue weighted by molar-refractivity contribution is 5.71. The maximum Gasteiger partial charge on any atom is 0.215 e. The van der Waals surface area contributed by atoms with E-state index in [1.165, 1.54) is 0 Å². The Morgan fingerprint density at radius 3 is 3.05 bits per heavy atom. The highest BCUT2D eigenvalue weighted by atomic mass is 16.5. The number of likely N-dealkylation sites (N-methyl/N-ethyl adjacent to an activating group) is 1. The summed E-state index contributed by atoms with van der Waals surface area (Å²) in [5.41, 5.74) is 1.64. The molecule has 0 aliphatic carbocycles. The van der Waals surface area contributed by atoms with Crippen LogP contribution in [-0.2, 0) is 4.74 Å². The number of pyridine rings is 1. The lowest BCUT2D eigenvalue weighted by atomic mass is 10.0. The topological polar surface area (TPSA) is 72.1 Å². The minimum Gasteiger partial charge on any atom is -0.478 e. The fraction of sp³-hybridized carbons (Fsp3) is 0.571. The van der Waals surface area contributed by atoms with Crippen molar-refractivity contribution in [1.82, 2.24) is 20.3 Å². The van der Waals surface area contributed by atoms with Gasteiger partial charge in [0.05, 0.1) is 31.3 Å². The third-order valence-corrected chi connectivity index (χ3v) is 3.53. The minimum atomic E-state index is 0.250. The van der Waals surface area contributed by atoms with E-state index in [1.54, 1.807) is 0 Å². The number of fused-ring (bicyclic) bond motifs is 1. The Morgan fingerprint density at radius 1 is 1.35 bits per heavy atom. The summed E-state index contributed by atoms with van der Waals surface area (Å²) in [6.07, 6.45) is 0. The summed E-state index contributed by atoms with van der Waals surface area (Å²) < 4.78 is 11.0. The first-order chi connectivity index (χ1) is 9.81. The van der Waals surface area contributed by atoms with Gasteiger partial charge in [-0.3, -0.25) is 0 Å². The molecule has 0 aromatic carbocycles. The molecule has 20 heavy (non-hydrogen) atoms. The Kier molecular flexibility index (Phi) is 3.84. The maximum atomic E-state index is 5.57. The van der Waals surface area contributed by atoms with Crippen LogP contribution < -0.4 is 10.1 Å². The number of nitrogens with zero attached hydrogens (tertiary/aromatic N) is 2. The molecule has 3 heterocycles. The van der Waals surface area contributed by atoms with Gasteiger partial charge >= 0.3 is 0 Å². The lowest BCUT2D eigenvalue weighted by molar-refractivity contribution is 0.187. The number of nitrogens with one attached hydrogen (secondary N) is 2. The molecular weight excluding hydrogens is 256 g/mol. The van der Waals surface area contributed by atoms with Crippen molar-refractivity contribution < 1.29 is 9.47 Å². The summed E-state index contributed by atoms with van der Waals surface area (Å²) in [6.45, 7) is 7.00. The fourth-order valence-corrected chi connectivity index (χ4v) is 2.58. The monoisotopic (exact) mass is 276 g/mol. The first-order valence-electron chi connectivity index (χ1n) is 7.12. The number of hydrogen-bond donors (Lipinski definition) is 2. The van der Waals surface area contributed by atoms with E-state index in [0.717, 1.165) is 24.5 Å². The number of imidazole rings is 1. The standard InChI is InChI=1S/C14H20N4O2/c1-3-15-11-8-19-7-9(11)13-16-10-5-6-12(20-4-2)17-14(10)18-13/h5-6,9,11,15H,3-4,7-8H2,1-2H3,(H,16,17,18). The Bertz CT molecular complexity index is 584. The average molecular weight is 276 g/mol. The van der Waals surface area contributed by atoms with Crippen LogP contribution in [0.1, 0.15) is 25.6 Å². The van der Waals surface area contributed by atoms with E-state index in [-0.39, 0.29) is 5.92 Å². The summed E-state index contributed by atoms with van der Waals surface area (Å²) in [6, 6.07) is 4.13. The van der Waals surface area contributed by atoms with E-state index in [4.69, 9.17) is 9.47 Å². The van der Waals surface area contributed by atoms with Gasteiger partial charge in [0.15, 0.2) is 5.65 Å². The van der Waals surface area contributed by atoms with Gasteiger partial charge in [-0.15, -0.1) is 0 Å². The highest BCUT2D eigenvalue weighted by Gasteiger charge is 2.31. The number of aromatic nitrogens is 3. The van der Waals surface area contributed by atoms with Crippen molar-refractivity contribution >= 4 is 11.2 Å². The van der Waals surface area contributed by atoms with Crippen LogP contribution in [0.5, 0.6) is 5.88 Å². The van der Waals surface area contributed by atoms with Crippen molar-refractivity contribution in [2.45, 2.75) is 25.8 Å². The second kappa shape index (κ2) is 5.76. The van der Waals surface area contributed by atoms with Crippen LogP contribution in [-0.4, -0.2) is 47.4 Å². The third kappa shape index (κ3) is 2.48. The zero-order chi connectivity index (χ0) is 13.9. The van der Waals surface area contributed by atoms with Gasteiger partial charge in [-0.1, -0.05) is 6.92 Å². The van der Waals surface area contributed by atoms with Crippen LogP contribution in [0.15, 0.2) is 12.1 Å². The predicted octanol–water partition coefficient (Wildman–Crippen LogP) is 1.45. The number of aromatic amines is 1. The van der Waals surface area contributed by atoms with E-state index in [2.05, 4.69) is 27.2 Å². The molecule has 1 aliphatic rings. The SMILES string of the molecule is CCNC1COCC1c1nc2nc(OCC)ccc2[nH]1. The van der Waals surface area contributed by atoms with Crippen molar-refractivity contribution in [1.29, 1.82) is 0 Å². The van der Waals surface area contributed by atoms with Gasteiger partial charge in [0.2, 0.25) is 5.88 Å². The van der Waals surface area contributed by atoms with E-state index in [0.29, 0.717) is 30.8 Å². The molecule has 6 nitrogen and oxygen atoms in total. The number of ether oxygens (including phenoxy) is 2. The van der Waals surface area contributed by atoms with Gasteiger partial charge in [0.25, 0.3) is 0 Å². The van der Waals surface area contributed by atoms with Crippen LogP contribution in [0.25, 0.3) is 11.2 Å². The first-order valence-corrected chi connectivity index (χ1v) is 7.12. The van der Waals surface area contributed by atoms with Gasteiger partial charge < -0.3 is 19.8 Å². The molecular formula is C14H20N4O2. The molecule has 1 saturated heterocycles. The summed E-state index contributed by atoms with van der Waals surface area (Å²) in [5, 5.41) is 3.44. The zero-order valence-electron chi connectivity index (χ0n) is 11.8. The van der Waals surface area contributed by atoms with Crippen LogP contribution in [0.3, 0.4) is 0 Å². The van der Waals surface area contributed by atoms with Crippen molar-refractivity contribution in [2.75, 3.05) is 26.4 Å². The molecule has 0 radical (unpaired) electrons.